The van der Waals surface area contributed by atoms with Crippen LogP contribution in [0.5, 0.6) is 0 Å². The van der Waals surface area contributed by atoms with E-state index in [0.29, 0.717) is 17.8 Å². The largest absolute Gasteiger partial charge is 0.369 e. The first kappa shape index (κ1) is 20.2. The van der Waals surface area contributed by atoms with E-state index in [9.17, 15) is 14.7 Å². The predicted octanol–water partition coefficient (Wildman–Crippen LogP) is 3.09. The van der Waals surface area contributed by atoms with Crippen molar-refractivity contribution in [3.05, 3.63) is 71.5 Å². The Morgan fingerprint density at radius 1 is 1.16 bits per heavy atom. The van der Waals surface area contributed by atoms with Crippen molar-refractivity contribution in [2.24, 2.45) is 5.73 Å². The second-order valence-corrected chi connectivity index (χ2v) is 7.35. The summed E-state index contributed by atoms with van der Waals surface area (Å²) in [6.45, 7) is 1.97. The molecule has 3 amide bonds. The molecule has 31 heavy (non-hydrogen) atoms. The number of aromatic amines is 1. The minimum Gasteiger partial charge on any atom is -0.369 e. The number of H-pyrrole nitrogens is 1. The number of aliphatic hydroxyl groups excluding tert-OH is 1. The molecular weight excluding hydrogens is 394 g/mol. The molecule has 0 spiro atoms. The second-order valence-electron chi connectivity index (χ2n) is 7.35. The number of carbonyl (C=O) groups excluding carboxylic acids is 2. The van der Waals surface area contributed by atoms with Crippen LogP contribution in [0, 0.1) is 0 Å². The average Bonchev–Trinajstić information content (AvgIpc) is 3.31. The molecule has 0 aliphatic carbocycles. The molecule has 0 fully saturated rings. The molecule has 7 N–H and O–H groups in total. The van der Waals surface area contributed by atoms with Gasteiger partial charge in [-0.1, -0.05) is 18.2 Å². The lowest BCUT2D eigenvalue weighted by atomic mass is 10.0. The highest BCUT2D eigenvalue weighted by molar-refractivity contribution is 5.96. The smallest absolute Gasteiger partial charge is 0.316 e. The molecule has 0 saturated carbocycles. The van der Waals surface area contributed by atoms with Crippen molar-refractivity contribution in [3.63, 3.8) is 0 Å². The molecule has 2 heterocycles. The fourth-order valence-corrected chi connectivity index (χ4v) is 3.57. The van der Waals surface area contributed by atoms with Crippen molar-refractivity contribution in [2.75, 3.05) is 10.6 Å². The average molecular weight is 417 g/mol. The quantitative estimate of drug-likeness (QED) is 0.381. The van der Waals surface area contributed by atoms with E-state index < -0.39 is 12.3 Å². The van der Waals surface area contributed by atoms with Gasteiger partial charge >= 0.3 is 6.03 Å². The van der Waals surface area contributed by atoms with Crippen LogP contribution in [-0.2, 0) is 11.3 Å². The minimum absolute atomic E-state index is 0.0702. The number of hydrogen-bond acceptors (Lipinski definition) is 4. The summed E-state index contributed by atoms with van der Waals surface area (Å²) in [5.74, 6) is -0.0702. The summed E-state index contributed by atoms with van der Waals surface area (Å²) in [6, 6.07) is 14.5. The van der Waals surface area contributed by atoms with Crippen molar-refractivity contribution in [1.29, 1.82) is 0 Å². The third-order valence-electron chi connectivity index (χ3n) is 5.00. The number of benzene rings is 2. The van der Waals surface area contributed by atoms with Crippen LogP contribution < -0.4 is 21.7 Å². The Morgan fingerprint density at radius 3 is 2.77 bits per heavy atom. The molecule has 158 valence electrons. The molecule has 3 aromatic rings. The Balaban J connectivity index is 1.60. The van der Waals surface area contributed by atoms with Gasteiger partial charge in [-0.05, 0) is 53.1 Å². The molecule has 4 rings (SSSR count). The number of urea groups is 1. The Kier molecular flexibility index (Phi) is 5.46. The highest BCUT2D eigenvalue weighted by Crippen LogP contribution is 2.37. The van der Waals surface area contributed by atoms with Crippen LogP contribution in [0.1, 0.15) is 23.7 Å². The molecule has 8 nitrogen and oxygen atoms in total. The normalized spacial score (nSPS) is 15.9. The minimum atomic E-state index is -0.869. The van der Waals surface area contributed by atoms with Crippen LogP contribution >= 0.6 is 0 Å². The summed E-state index contributed by atoms with van der Waals surface area (Å²) < 4.78 is 0. The summed E-state index contributed by atoms with van der Waals surface area (Å²) in [4.78, 5) is 25.5. The van der Waals surface area contributed by atoms with E-state index in [0.717, 1.165) is 33.6 Å². The number of amides is 3. The third-order valence-corrected chi connectivity index (χ3v) is 5.00. The highest BCUT2D eigenvalue weighted by Gasteiger charge is 2.25. The van der Waals surface area contributed by atoms with Crippen LogP contribution in [0.25, 0.3) is 22.8 Å². The van der Waals surface area contributed by atoms with Gasteiger partial charge in [-0.15, -0.1) is 0 Å². The number of primary amides is 1. The zero-order valence-electron chi connectivity index (χ0n) is 16.9. The fraction of sp³-hybridized carbons (Fsp3) is 0.130. The topological polar surface area (TPSA) is 132 Å². The van der Waals surface area contributed by atoms with Gasteiger partial charge in [0.25, 0.3) is 0 Å². The number of nitrogens with one attached hydrogen (secondary N) is 4. The molecule has 1 atom stereocenters. The summed E-state index contributed by atoms with van der Waals surface area (Å²) in [7, 11) is 0. The van der Waals surface area contributed by atoms with Crippen LogP contribution in [0.2, 0.25) is 0 Å². The van der Waals surface area contributed by atoms with Crippen LogP contribution in [-0.4, -0.2) is 28.3 Å². The van der Waals surface area contributed by atoms with E-state index in [1.54, 1.807) is 18.2 Å². The van der Waals surface area contributed by atoms with Gasteiger partial charge in [0.2, 0.25) is 5.91 Å². The molecule has 8 heteroatoms. The van der Waals surface area contributed by atoms with Gasteiger partial charge < -0.3 is 31.8 Å². The summed E-state index contributed by atoms with van der Waals surface area (Å²) in [6.07, 6.45) is 2.89. The first-order chi connectivity index (χ1) is 14.9. The Bertz CT molecular complexity index is 1180. The fourth-order valence-electron chi connectivity index (χ4n) is 3.57. The van der Waals surface area contributed by atoms with Gasteiger partial charge in [0.15, 0.2) is 6.23 Å². The number of hydrogen-bond donors (Lipinski definition) is 6. The van der Waals surface area contributed by atoms with E-state index >= 15 is 0 Å². The van der Waals surface area contributed by atoms with Crippen molar-refractivity contribution in [2.45, 2.75) is 19.7 Å². The standard InChI is InChI=1S/C23H23N5O3/c1-13(29)25-11-14-3-2-4-15(7-14)16-8-18(26-12-16)10-20-19-9-17(27-23(24)31)5-6-21(19)28-22(20)30/h2-10,12,22,26,28,30H,11H2,1H3,(H,25,29)(H3,24,27,31). The van der Waals surface area contributed by atoms with Crippen molar-refractivity contribution >= 4 is 35.0 Å². The molecular formula is C23H23N5O3. The van der Waals surface area contributed by atoms with Crippen molar-refractivity contribution < 1.29 is 14.7 Å². The number of carbonyl (C=O) groups is 2. The van der Waals surface area contributed by atoms with Crippen LogP contribution in [0.4, 0.5) is 16.2 Å². The van der Waals surface area contributed by atoms with Gasteiger partial charge in [-0.2, -0.15) is 0 Å². The highest BCUT2D eigenvalue weighted by atomic mass is 16.3. The summed E-state index contributed by atoms with van der Waals surface area (Å²) in [5.41, 5.74) is 11.8. The SMILES string of the molecule is CC(=O)NCc1cccc(-c2c[nH]c(C=C3c4cc(NC(N)=O)ccc4NC3O)c2)c1. The van der Waals surface area contributed by atoms with E-state index in [1.165, 1.54) is 6.92 Å². The van der Waals surface area contributed by atoms with E-state index in [2.05, 4.69) is 20.9 Å². The Morgan fingerprint density at radius 2 is 2.00 bits per heavy atom. The third kappa shape index (κ3) is 4.59. The van der Waals surface area contributed by atoms with Crippen molar-refractivity contribution in [1.82, 2.24) is 10.3 Å². The molecule has 1 unspecified atom stereocenters. The zero-order valence-corrected chi connectivity index (χ0v) is 16.9. The number of aromatic nitrogens is 1. The van der Waals surface area contributed by atoms with E-state index in [4.69, 9.17) is 5.73 Å². The van der Waals surface area contributed by atoms with Gasteiger partial charge in [0, 0.05) is 47.9 Å². The molecule has 0 bridgehead atoms. The molecule has 1 aromatic heterocycles. The Labute approximate surface area is 179 Å². The van der Waals surface area contributed by atoms with Crippen molar-refractivity contribution in [3.8, 4) is 11.1 Å². The summed E-state index contributed by atoms with van der Waals surface area (Å²) in [5, 5.41) is 18.8. The number of rotatable bonds is 5. The zero-order chi connectivity index (χ0) is 22.0. The molecule has 0 radical (unpaired) electrons. The lowest BCUT2D eigenvalue weighted by Gasteiger charge is -2.06. The lowest BCUT2D eigenvalue weighted by Crippen LogP contribution is -2.19. The predicted molar refractivity (Wildman–Crippen MR) is 121 cm³/mol. The molecule has 0 saturated heterocycles. The number of fused-ring (bicyclic) bond motifs is 1. The maximum absolute atomic E-state index is 11.2. The maximum Gasteiger partial charge on any atom is 0.316 e. The van der Waals surface area contributed by atoms with Gasteiger partial charge in [-0.3, -0.25) is 4.79 Å². The van der Waals surface area contributed by atoms with E-state index in [1.807, 2.05) is 42.6 Å². The van der Waals surface area contributed by atoms with Gasteiger partial charge in [-0.25, -0.2) is 4.79 Å². The van der Waals surface area contributed by atoms with Gasteiger partial charge in [0.05, 0.1) is 0 Å². The Hall–Kier alpha value is -4.04. The van der Waals surface area contributed by atoms with Crippen LogP contribution in [0.3, 0.4) is 0 Å². The molecule has 2 aromatic carbocycles. The molecule has 1 aliphatic heterocycles. The number of nitrogens with two attached hydrogens (primary N) is 1. The summed E-state index contributed by atoms with van der Waals surface area (Å²) >= 11 is 0. The molecule has 1 aliphatic rings. The maximum atomic E-state index is 11.2. The lowest BCUT2D eigenvalue weighted by molar-refractivity contribution is -0.119. The van der Waals surface area contributed by atoms with Crippen LogP contribution in [0.15, 0.2) is 54.7 Å². The first-order valence-corrected chi connectivity index (χ1v) is 9.78. The van der Waals surface area contributed by atoms with E-state index in [-0.39, 0.29) is 5.91 Å². The number of anilines is 2. The van der Waals surface area contributed by atoms with Gasteiger partial charge in [0.1, 0.15) is 0 Å². The monoisotopic (exact) mass is 417 g/mol. The second kappa shape index (κ2) is 8.37. The first-order valence-electron chi connectivity index (χ1n) is 9.78. The number of aliphatic hydroxyl groups is 1.